The molecule has 1 nitrogen and oxygen atoms in total. The average Bonchev–Trinajstić information content (AvgIpc) is 2.33. The van der Waals surface area contributed by atoms with Crippen molar-refractivity contribution in [3.8, 4) is 0 Å². The Kier molecular flexibility index (Phi) is 4.79. The van der Waals surface area contributed by atoms with E-state index in [0.29, 0.717) is 12.0 Å². The summed E-state index contributed by atoms with van der Waals surface area (Å²) in [7, 11) is 0. The first-order valence-electron chi connectivity index (χ1n) is 6.74. The summed E-state index contributed by atoms with van der Waals surface area (Å²) in [6.45, 7) is 3.95. The Morgan fingerprint density at radius 1 is 1.28 bits per heavy atom. The fraction of sp³-hybridized carbons (Fsp3) is 0.600. The lowest BCUT2D eigenvalue weighted by atomic mass is 9.76. The van der Waals surface area contributed by atoms with E-state index in [1.807, 2.05) is 12.1 Å². The highest BCUT2D eigenvalue weighted by molar-refractivity contribution is 9.10. The molecule has 1 aliphatic rings. The van der Waals surface area contributed by atoms with Gasteiger partial charge in [-0.15, -0.1) is 0 Å². The molecule has 0 aromatic heterocycles. The lowest BCUT2D eigenvalue weighted by Crippen LogP contribution is -2.33. The molecular weight excluding hydrogens is 293 g/mol. The van der Waals surface area contributed by atoms with Gasteiger partial charge < -0.3 is 5.32 Å². The van der Waals surface area contributed by atoms with Gasteiger partial charge in [-0.1, -0.05) is 48.2 Å². The number of rotatable bonds is 4. The summed E-state index contributed by atoms with van der Waals surface area (Å²) in [6.07, 6.45) is 6.64. The fourth-order valence-electron chi connectivity index (χ4n) is 2.75. The van der Waals surface area contributed by atoms with Crippen LogP contribution in [0.3, 0.4) is 0 Å². The normalized spacial score (nSPS) is 18.8. The molecule has 0 heterocycles. The molecule has 0 atom stereocenters. The van der Waals surface area contributed by atoms with E-state index >= 15 is 0 Å². The van der Waals surface area contributed by atoms with Gasteiger partial charge in [-0.25, -0.2) is 4.39 Å². The zero-order chi connectivity index (χ0) is 13.0. The first-order chi connectivity index (χ1) is 8.59. The predicted octanol–water partition coefficient (Wildman–Crippen LogP) is 4.65. The first kappa shape index (κ1) is 14.0. The van der Waals surface area contributed by atoms with E-state index in [-0.39, 0.29) is 5.82 Å². The Morgan fingerprint density at radius 3 is 2.67 bits per heavy atom. The number of hydrogen-bond acceptors (Lipinski definition) is 1. The van der Waals surface area contributed by atoms with Crippen molar-refractivity contribution in [2.24, 2.45) is 5.41 Å². The van der Waals surface area contributed by atoms with Crippen LogP contribution in [0.1, 0.15) is 44.6 Å². The van der Waals surface area contributed by atoms with E-state index in [1.165, 1.54) is 38.2 Å². The van der Waals surface area contributed by atoms with E-state index in [1.54, 1.807) is 0 Å². The highest BCUT2D eigenvalue weighted by Gasteiger charge is 2.26. The van der Waals surface area contributed by atoms with Crippen molar-refractivity contribution < 1.29 is 4.39 Å². The van der Waals surface area contributed by atoms with Crippen molar-refractivity contribution in [2.75, 3.05) is 6.54 Å². The minimum Gasteiger partial charge on any atom is -0.312 e. The molecule has 0 bridgehead atoms. The monoisotopic (exact) mass is 313 g/mol. The zero-order valence-electron chi connectivity index (χ0n) is 10.9. The van der Waals surface area contributed by atoms with Gasteiger partial charge in [0.2, 0.25) is 0 Å². The Balaban J connectivity index is 1.84. The maximum Gasteiger partial charge on any atom is 0.128 e. The standard InChI is InChI=1S/C15H21BrFN/c1-15(7-3-2-4-8-15)11-18-10-12-5-6-13(16)9-14(12)17/h5-6,9,18H,2-4,7-8,10-11H2,1H3. The molecule has 1 N–H and O–H groups in total. The van der Waals surface area contributed by atoms with Crippen LogP contribution in [0.15, 0.2) is 22.7 Å². The third-order valence-electron chi connectivity index (χ3n) is 3.94. The van der Waals surface area contributed by atoms with E-state index < -0.39 is 0 Å². The molecule has 0 unspecified atom stereocenters. The molecule has 2 rings (SSSR count). The van der Waals surface area contributed by atoms with Crippen LogP contribution in [0.4, 0.5) is 4.39 Å². The second kappa shape index (κ2) is 6.16. The highest BCUT2D eigenvalue weighted by Crippen LogP contribution is 2.34. The Morgan fingerprint density at radius 2 is 2.00 bits per heavy atom. The van der Waals surface area contributed by atoms with E-state index in [2.05, 4.69) is 28.2 Å². The number of nitrogens with one attached hydrogen (secondary N) is 1. The Labute approximate surface area is 117 Å². The van der Waals surface area contributed by atoms with Crippen molar-refractivity contribution >= 4 is 15.9 Å². The summed E-state index contributed by atoms with van der Waals surface area (Å²) in [5.41, 5.74) is 1.15. The van der Waals surface area contributed by atoms with Crippen LogP contribution in [0.25, 0.3) is 0 Å². The Bertz CT molecular complexity index is 399. The van der Waals surface area contributed by atoms with Gasteiger partial charge in [-0.05, 0) is 30.4 Å². The summed E-state index contributed by atoms with van der Waals surface area (Å²) in [5.74, 6) is -0.134. The molecule has 0 aliphatic heterocycles. The van der Waals surface area contributed by atoms with E-state index in [4.69, 9.17) is 0 Å². The SMILES string of the molecule is CC1(CNCc2ccc(Br)cc2F)CCCCC1. The van der Waals surface area contributed by atoms with E-state index in [9.17, 15) is 4.39 Å². The zero-order valence-corrected chi connectivity index (χ0v) is 12.5. The summed E-state index contributed by atoms with van der Waals surface area (Å²) in [4.78, 5) is 0. The molecule has 3 heteroatoms. The molecule has 1 aliphatic carbocycles. The van der Waals surface area contributed by atoms with Gasteiger partial charge in [0.05, 0.1) is 0 Å². The lowest BCUT2D eigenvalue weighted by molar-refractivity contribution is 0.207. The van der Waals surface area contributed by atoms with Crippen LogP contribution in [0.5, 0.6) is 0 Å². The molecule has 0 saturated heterocycles. The van der Waals surface area contributed by atoms with Gasteiger partial charge in [0.15, 0.2) is 0 Å². The molecule has 1 saturated carbocycles. The fourth-order valence-corrected chi connectivity index (χ4v) is 3.08. The van der Waals surface area contributed by atoms with Crippen LogP contribution in [0.2, 0.25) is 0 Å². The van der Waals surface area contributed by atoms with Crippen molar-refractivity contribution in [1.82, 2.24) is 5.32 Å². The summed E-state index contributed by atoms with van der Waals surface area (Å²) >= 11 is 3.28. The van der Waals surface area contributed by atoms with Crippen LogP contribution >= 0.6 is 15.9 Å². The molecule has 0 amide bonds. The lowest BCUT2D eigenvalue weighted by Gasteiger charge is -2.33. The van der Waals surface area contributed by atoms with Gasteiger partial charge in [-0.2, -0.15) is 0 Å². The van der Waals surface area contributed by atoms with Crippen molar-refractivity contribution in [3.63, 3.8) is 0 Å². The summed E-state index contributed by atoms with van der Waals surface area (Å²) in [6, 6.07) is 5.26. The van der Waals surface area contributed by atoms with Crippen molar-refractivity contribution in [1.29, 1.82) is 0 Å². The van der Waals surface area contributed by atoms with E-state index in [0.717, 1.165) is 16.6 Å². The second-order valence-electron chi connectivity index (χ2n) is 5.71. The topological polar surface area (TPSA) is 12.0 Å². The van der Waals surface area contributed by atoms with Gasteiger partial charge >= 0.3 is 0 Å². The second-order valence-corrected chi connectivity index (χ2v) is 6.63. The van der Waals surface area contributed by atoms with Crippen LogP contribution in [-0.2, 0) is 6.54 Å². The highest BCUT2D eigenvalue weighted by atomic mass is 79.9. The largest absolute Gasteiger partial charge is 0.312 e. The number of benzene rings is 1. The third-order valence-corrected chi connectivity index (χ3v) is 4.44. The quantitative estimate of drug-likeness (QED) is 0.853. The minimum absolute atomic E-state index is 0.134. The molecule has 0 radical (unpaired) electrons. The summed E-state index contributed by atoms with van der Waals surface area (Å²) in [5, 5.41) is 3.42. The molecule has 100 valence electrons. The number of hydrogen-bond donors (Lipinski definition) is 1. The van der Waals surface area contributed by atoms with Crippen LogP contribution in [-0.4, -0.2) is 6.54 Å². The van der Waals surface area contributed by atoms with Crippen LogP contribution < -0.4 is 5.32 Å². The third kappa shape index (κ3) is 3.79. The minimum atomic E-state index is -0.134. The predicted molar refractivity (Wildman–Crippen MR) is 77.0 cm³/mol. The maximum atomic E-state index is 13.6. The van der Waals surface area contributed by atoms with Gasteiger partial charge in [0.25, 0.3) is 0 Å². The van der Waals surface area contributed by atoms with Crippen molar-refractivity contribution in [3.05, 3.63) is 34.1 Å². The molecule has 18 heavy (non-hydrogen) atoms. The van der Waals surface area contributed by atoms with Gasteiger partial charge in [0, 0.05) is 23.1 Å². The molecular formula is C15H21BrFN. The summed E-state index contributed by atoms with van der Waals surface area (Å²) < 4.78 is 14.4. The molecule has 0 spiro atoms. The smallest absolute Gasteiger partial charge is 0.128 e. The number of halogens is 2. The average molecular weight is 314 g/mol. The van der Waals surface area contributed by atoms with Crippen molar-refractivity contribution in [2.45, 2.75) is 45.6 Å². The molecule has 1 aromatic rings. The van der Waals surface area contributed by atoms with Gasteiger partial charge in [0.1, 0.15) is 5.82 Å². The van der Waals surface area contributed by atoms with Gasteiger partial charge in [-0.3, -0.25) is 0 Å². The van der Waals surface area contributed by atoms with Crippen LogP contribution in [0, 0.1) is 11.2 Å². The molecule has 1 fully saturated rings. The maximum absolute atomic E-state index is 13.6. The molecule has 1 aromatic carbocycles. The first-order valence-corrected chi connectivity index (χ1v) is 7.53. The Hall–Kier alpha value is -0.410.